The molecule has 10 nitrogen and oxygen atoms in total. The standard InChI is InChI=1S/C23H31N7O3/c1-23(2,14-31)13-25-22(32)16-11-26-30-20(24-3)10-19(29-21(16)30)28-18-8-4-7-17(27-18)15-6-5-9-33-12-15/h4,7-8,10-11,15,24,31H,5-6,9,12-14H2,1-3H3,(H,25,32)(H,27,28,29)/t15-/m1/s1. The lowest BCUT2D eigenvalue weighted by atomic mass is 9.95. The Balaban J connectivity index is 1.60. The molecule has 33 heavy (non-hydrogen) atoms. The van der Waals surface area contributed by atoms with Crippen LogP contribution >= 0.6 is 0 Å². The SMILES string of the molecule is CNc1cc(Nc2cccc([C@@H]3CCCOC3)n2)nc2c(C(=O)NCC(C)(C)CO)cnn12. The van der Waals surface area contributed by atoms with Crippen molar-refractivity contribution >= 4 is 29.0 Å². The van der Waals surface area contributed by atoms with E-state index in [1.54, 1.807) is 11.6 Å². The molecule has 1 fully saturated rings. The number of aromatic nitrogens is 4. The van der Waals surface area contributed by atoms with Crippen LogP contribution in [0, 0.1) is 5.41 Å². The molecule has 3 aromatic rings. The predicted molar refractivity (Wildman–Crippen MR) is 126 cm³/mol. The van der Waals surface area contributed by atoms with E-state index >= 15 is 0 Å². The van der Waals surface area contributed by atoms with Crippen LogP contribution < -0.4 is 16.0 Å². The summed E-state index contributed by atoms with van der Waals surface area (Å²) in [6, 6.07) is 7.69. The van der Waals surface area contributed by atoms with Gasteiger partial charge in [0.15, 0.2) is 5.65 Å². The third-order valence-corrected chi connectivity index (χ3v) is 5.73. The van der Waals surface area contributed by atoms with Gasteiger partial charge in [-0.1, -0.05) is 19.9 Å². The number of pyridine rings is 1. The van der Waals surface area contributed by atoms with E-state index in [-0.39, 0.29) is 18.4 Å². The maximum Gasteiger partial charge on any atom is 0.256 e. The van der Waals surface area contributed by atoms with E-state index in [1.165, 1.54) is 6.20 Å². The summed E-state index contributed by atoms with van der Waals surface area (Å²) in [7, 11) is 1.78. The van der Waals surface area contributed by atoms with E-state index in [9.17, 15) is 9.90 Å². The van der Waals surface area contributed by atoms with E-state index in [1.807, 2.05) is 38.1 Å². The number of anilines is 3. The van der Waals surface area contributed by atoms with Gasteiger partial charge in [-0.15, -0.1) is 0 Å². The number of amides is 1. The summed E-state index contributed by atoms with van der Waals surface area (Å²) in [5, 5.41) is 23.0. The van der Waals surface area contributed by atoms with Crippen LogP contribution in [0.2, 0.25) is 0 Å². The molecule has 0 aromatic carbocycles. The highest BCUT2D eigenvalue weighted by Crippen LogP contribution is 2.26. The molecule has 0 aliphatic carbocycles. The Morgan fingerprint density at radius 2 is 2.15 bits per heavy atom. The molecule has 1 saturated heterocycles. The number of fused-ring (bicyclic) bond motifs is 1. The minimum atomic E-state index is -0.422. The van der Waals surface area contributed by atoms with Crippen LogP contribution in [0.4, 0.5) is 17.5 Å². The fraction of sp³-hybridized carbons (Fsp3) is 0.478. The summed E-state index contributed by atoms with van der Waals surface area (Å²) < 4.78 is 7.19. The fourth-order valence-corrected chi connectivity index (χ4v) is 3.69. The predicted octanol–water partition coefficient (Wildman–Crippen LogP) is 2.55. The van der Waals surface area contributed by atoms with E-state index in [4.69, 9.17) is 9.72 Å². The topological polar surface area (TPSA) is 126 Å². The first-order valence-electron chi connectivity index (χ1n) is 11.2. The second-order valence-corrected chi connectivity index (χ2v) is 9.06. The number of hydrogen-bond acceptors (Lipinski definition) is 8. The third kappa shape index (κ3) is 5.23. The highest BCUT2D eigenvalue weighted by Gasteiger charge is 2.22. The van der Waals surface area contributed by atoms with Gasteiger partial charge < -0.3 is 25.8 Å². The third-order valence-electron chi connectivity index (χ3n) is 5.73. The van der Waals surface area contributed by atoms with E-state index in [0.29, 0.717) is 41.8 Å². The Labute approximate surface area is 192 Å². The highest BCUT2D eigenvalue weighted by atomic mass is 16.5. The summed E-state index contributed by atoms with van der Waals surface area (Å²) in [5.41, 5.74) is 1.34. The molecule has 176 valence electrons. The van der Waals surface area contributed by atoms with Gasteiger partial charge in [-0.05, 0) is 25.0 Å². The van der Waals surface area contributed by atoms with Gasteiger partial charge in [0.1, 0.15) is 23.0 Å². The minimum absolute atomic E-state index is 0.0304. The number of carbonyl (C=O) groups excluding carboxylic acids is 1. The highest BCUT2D eigenvalue weighted by molar-refractivity contribution is 6.00. The Hall–Kier alpha value is -3.24. The van der Waals surface area contributed by atoms with Gasteiger partial charge in [0.2, 0.25) is 0 Å². The van der Waals surface area contributed by atoms with Crippen LogP contribution in [0.1, 0.15) is 48.7 Å². The lowest BCUT2D eigenvalue weighted by molar-refractivity contribution is 0.0793. The van der Waals surface area contributed by atoms with Crippen LogP contribution in [0.15, 0.2) is 30.5 Å². The molecule has 1 amide bonds. The van der Waals surface area contributed by atoms with Gasteiger partial charge in [-0.2, -0.15) is 9.61 Å². The summed E-state index contributed by atoms with van der Waals surface area (Å²) in [6.07, 6.45) is 3.59. The monoisotopic (exact) mass is 453 g/mol. The number of carbonyl (C=O) groups is 1. The number of rotatable bonds is 8. The largest absolute Gasteiger partial charge is 0.396 e. The van der Waals surface area contributed by atoms with Crippen molar-refractivity contribution in [2.45, 2.75) is 32.6 Å². The molecule has 0 saturated carbocycles. The van der Waals surface area contributed by atoms with Crippen LogP contribution in [-0.4, -0.2) is 64.0 Å². The molecule has 10 heteroatoms. The average Bonchev–Trinajstić information content (AvgIpc) is 3.27. The Bertz CT molecular complexity index is 1120. The van der Waals surface area contributed by atoms with Crippen LogP contribution in [0.3, 0.4) is 0 Å². The number of aliphatic hydroxyl groups is 1. The van der Waals surface area contributed by atoms with Gasteiger partial charge >= 0.3 is 0 Å². The van der Waals surface area contributed by atoms with Crippen molar-refractivity contribution in [1.82, 2.24) is 24.9 Å². The molecular formula is C23H31N7O3. The van der Waals surface area contributed by atoms with Gasteiger partial charge in [-0.25, -0.2) is 9.97 Å². The average molecular weight is 454 g/mol. The maximum absolute atomic E-state index is 12.8. The van der Waals surface area contributed by atoms with Crippen molar-refractivity contribution < 1.29 is 14.6 Å². The first-order valence-corrected chi connectivity index (χ1v) is 11.2. The molecular weight excluding hydrogens is 422 g/mol. The van der Waals surface area contributed by atoms with E-state index in [2.05, 4.69) is 26.0 Å². The molecule has 4 heterocycles. The normalized spacial score (nSPS) is 16.5. The first-order chi connectivity index (χ1) is 15.9. The van der Waals surface area contributed by atoms with Gasteiger partial charge in [-0.3, -0.25) is 4.79 Å². The maximum atomic E-state index is 12.8. The number of nitrogens with one attached hydrogen (secondary N) is 3. The number of nitrogens with zero attached hydrogens (tertiary/aromatic N) is 4. The summed E-state index contributed by atoms with van der Waals surface area (Å²) in [6.45, 7) is 5.55. The van der Waals surface area contributed by atoms with E-state index < -0.39 is 5.41 Å². The molecule has 0 radical (unpaired) electrons. The molecule has 3 aromatic heterocycles. The Morgan fingerprint density at radius 1 is 1.30 bits per heavy atom. The van der Waals surface area contributed by atoms with Crippen molar-refractivity contribution in [2.75, 3.05) is 44.0 Å². The number of aliphatic hydroxyl groups excluding tert-OH is 1. The van der Waals surface area contributed by atoms with E-state index in [0.717, 1.165) is 25.1 Å². The zero-order chi connectivity index (χ0) is 23.4. The molecule has 4 rings (SSSR count). The molecule has 1 aliphatic heterocycles. The van der Waals surface area contributed by atoms with Crippen molar-refractivity contribution in [3.05, 3.63) is 41.7 Å². The van der Waals surface area contributed by atoms with Crippen LogP contribution in [0.5, 0.6) is 0 Å². The van der Waals surface area contributed by atoms with Crippen molar-refractivity contribution in [3.8, 4) is 0 Å². The molecule has 1 aliphatic rings. The van der Waals surface area contributed by atoms with Crippen molar-refractivity contribution in [1.29, 1.82) is 0 Å². The Morgan fingerprint density at radius 3 is 2.88 bits per heavy atom. The van der Waals surface area contributed by atoms with Crippen molar-refractivity contribution in [3.63, 3.8) is 0 Å². The Kier molecular flexibility index (Phi) is 6.75. The summed E-state index contributed by atoms with van der Waals surface area (Å²) in [5.74, 6) is 1.88. The molecule has 4 N–H and O–H groups in total. The zero-order valence-corrected chi connectivity index (χ0v) is 19.3. The van der Waals surface area contributed by atoms with Gasteiger partial charge in [0.25, 0.3) is 5.91 Å². The quantitative estimate of drug-likeness (QED) is 0.410. The summed E-state index contributed by atoms with van der Waals surface area (Å²) >= 11 is 0. The molecule has 1 atom stereocenters. The zero-order valence-electron chi connectivity index (χ0n) is 19.3. The second-order valence-electron chi connectivity index (χ2n) is 9.06. The van der Waals surface area contributed by atoms with Crippen LogP contribution in [-0.2, 0) is 4.74 Å². The lowest BCUT2D eigenvalue weighted by Gasteiger charge is -2.22. The first kappa shape index (κ1) is 22.9. The smallest absolute Gasteiger partial charge is 0.256 e. The molecule has 0 spiro atoms. The number of hydrogen-bond donors (Lipinski definition) is 4. The van der Waals surface area contributed by atoms with Crippen LogP contribution in [0.25, 0.3) is 5.65 Å². The minimum Gasteiger partial charge on any atom is -0.396 e. The van der Waals surface area contributed by atoms with Gasteiger partial charge in [0, 0.05) is 49.9 Å². The van der Waals surface area contributed by atoms with Crippen molar-refractivity contribution in [2.24, 2.45) is 5.41 Å². The molecule has 0 unspecified atom stereocenters. The number of ether oxygens (including phenoxy) is 1. The molecule has 0 bridgehead atoms. The second kappa shape index (κ2) is 9.72. The van der Waals surface area contributed by atoms with Gasteiger partial charge in [0.05, 0.1) is 12.8 Å². The summed E-state index contributed by atoms with van der Waals surface area (Å²) in [4.78, 5) is 22.2. The fourth-order valence-electron chi connectivity index (χ4n) is 3.69. The lowest BCUT2D eigenvalue weighted by Crippen LogP contribution is -2.36.